The molecule has 2 N–H and O–H groups in total. The van der Waals surface area contributed by atoms with Gasteiger partial charge in [0.1, 0.15) is 23.7 Å². The number of halogens is 1. The number of carbonyl (C=O) groups is 1. The van der Waals surface area contributed by atoms with Crippen molar-refractivity contribution in [2.45, 2.75) is 64.0 Å². The number of hydrogen-bond acceptors (Lipinski definition) is 8. The Kier molecular flexibility index (Phi) is 7.39. The SMILES string of the molecule is CC(C)C(=O)OC[C@H](N[P@]1(=O)OC[C@H]2O[C@@H](n3ccc(=O)[nH]c3=O)[C@](C)(Cl)[C@@H]2O1)C(C)C. The van der Waals surface area contributed by atoms with E-state index in [-0.39, 0.29) is 31.0 Å². The molecule has 0 saturated carbocycles. The maximum Gasteiger partial charge on any atom is 0.406 e. The fourth-order valence-corrected chi connectivity index (χ4v) is 5.84. The number of carbonyl (C=O) groups excluding carboxylic acids is 1. The van der Waals surface area contributed by atoms with E-state index in [1.807, 2.05) is 13.8 Å². The number of aromatic amines is 1. The lowest BCUT2D eigenvalue weighted by Gasteiger charge is -2.37. The van der Waals surface area contributed by atoms with Crippen LogP contribution in [0, 0.1) is 11.8 Å². The first-order valence-corrected chi connectivity index (χ1v) is 12.3. The van der Waals surface area contributed by atoms with Gasteiger partial charge >= 0.3 is 19.4 Å². The van der Waals surface area contributed by atoms with Crippen molar-refractivity contribution in [3.05, 3.63) is 33.1 Å². The minimum Gasteiger partial charge on any atom is -0.464 e. The monoisotopic (exact) mass is 493 g/mol. The van der Waals surface area contributed by atoms with Gasteiger partial charge in [-0.2, -0.15) is 0 Å². The zero-order valence-corrected chi connectivity index (χ0v) is 20.2. The highest BCUT2D eigenvalue weighted by atomic mass is 35.5. The van der Waals surface area contributed by atoms with Crippen molar-refractivity contribution in [2.75, 3.05) is 13.2 Å². The zero-order chi connectivity index (χ0) is 23.8. The molecule has 13 heteroatoms. The molecule has 2 aliphatic heterocycles. The summed E-state index contributed by atoms with van der Waals surface area (Å²) in [6.07, 6.45) is -1.29. The van der Waals surface area contributed by atoms with E-state index in [4.69, 9.17) is 30.1 Å². The van der Waals surface area contributed by atoms with E-state index in [0.29, 0.717) is 0 Å². The van der Waals surface area contributed by atoms with Crippen LogP contribution in [0.2, 0.25) is 0 Å². The molecule has 2 fully saturated rings. The molecule has 1 aromatic rings. The average Bonchev–Trinajstić information content (AvgIpc) is 2.94. The Balaban J connectivity index is 1.76. The molecule has 0 amide bonds. The molecule has 3 heterocycles. The lowest BCUT2D eigenvalue weighted by molar-refractivity contribution is -0.148. The Morgan fingerprint density at radius 2 is 2.09 bits per heavy atom. The molecule has 0 spiro atoms. The third-order valence-electron chi connectivity index (χ3n) is 5.45. The first-order chi connectivity index (χ1) is 14.8. The third-order valence-corrected chi connectivity index (χ3v) is 7.49. The molecule has 2 saturated heterocycles. The standard InChI is InChI=1S/C19H29ClN3O8P/c1-10(2)12(8-28-16(25)11(3)4)22-32(27)29-9-13-15(31-32)19(5,20)17(30-13)23-7-6-14(24)21-18(23)26/h6-7,10-13,15,17H,8-9H2,1-5H3,(H,22,27)(H,21,24,26)/t12-,13+,15+,17+,19+,32-/m0/s1. The van der Waals surface area contributed by atoms with E-state index in [2.05, 4.69) is 10.1 Å². The molecule has 0 radical (unpaired) electrons. The zero-order valence-electron chi connectivity index (χ0n) is 18.6. The second-order valence-corrected chi connectivity index (χ2v) is 11.3. The van der Waals surface area contributed by atoms with E-state index in [0.717, 1.165) is 4.57 Å². The van der Waals surface area contributed by atoms with Crippen LogP contribution in [0.25, 0.3) is 0 Å². The highest BCUT2D eigenvalue weighted by molar-refractivity contribution is 7.51. The molecular formula is C19H29ClN3O8P. The Labute approximate surface area is 190 Å². The molecule has 0 bridgehead atoms. The number of nitrogens with zero attached hydrogens (tertiary/aromatic N) is 1. The van der Waals surface area contributed by atoms with Gasteiger partial charge in [0, 0.05) is 12.3 Å². The van der Waals surface area contributed by atoms with Crippen LogP contribution < -0.4 is 16.3 Å². The minimum atomic E-state index is -3.85. The first kappa shape index (κ1) is 25.1. The maximum atomic E-state index is 13.4. The van der Waals surface area contributed by atoms with Crippen LogP contribution in [-0.4, -0.2) is 51.9 Å². The van der Waals surface area contributed by atoms with Crippen LogP contribution in [0.3, 0.4) is 0 Å². The lowest BCUT2D eigenvalue weighted by Crippen LogP contribution is -2.48. The van der Waals surface area contributed by atoms with Crippen LogP contribution >= 0.6 is 19.3 Å². The quantitative estimate of drug-likeness (QED) is 0.330. The normalized spacial score (nSPS) is 33.3. The van der Waals surface area contributed by atoms with Crippen molar-refractivity contribution in [1.29, 1.82) is 0 Å². The summed E-state index contributed by atoms with van der Waals surface area (Å²) in [7, 11) is -3.85. The van der Waals surface area contributed by atoms with Gasteiger partial charge in [-0.15, -0.1) is 11.6 Å². The van der Waals surface area contributed by atoms with Crippen molar-refractivity contribution in [3.63, 3.8) is 0 Å². The fraction of sp³-hybridized carbons (Fsp3) is 0.737. The Morgan fingerprint density at radius 3 is 2.69 bits per heavy atom. The Hall–Kier alpha value is -1.49. The predicted molar refractivity (Wildman–Crippen MR) is 115 cm³/mol. The van der Waals surface area contributed by atoms with E-state index in [9.17, 15) is 18.9 Å². The van der Waals surface area contributed by atoms with Crippen LogP contribution in [0.4, 0.5) is 0 Å². The highest BCUT2D eigenvalue weighted by Crippen LogP contribution is 2.57. The van der Waals surface area contributed by atoms with Crippen molar-refractivity contribution in [3.8, 4) is 0 Å². The number of alkyl halides is 1. The number of H-pyrrole nitrogens is 1. The first-order valence-electron chi connectivity index (χ1n) is 10.4. The van der Waals surface area contributed by atoms with E-state index in [1.54, 1.807) is 20.8 Å². The number of ether oxygens (including phenoxy) is 2. The summed E-state index contributed by atoms with van der Waals surface area (Å²) in [5.74, 6) is -0.712. The number of nitrogens with one attached hydrogen (secondary N) is 2. The number of fused-ring (bicyclic) bond motifs is 1. The van der Waals surface area contributed by atoms with Crippen molar-refractivity contribution >= 4 is 25.3 Å². The summed E-state index contributed by atoms with van der Waals surface area (Å²) < 4.78 is 37.0. The lowest BCUT2D eigenvalue weighted by atomic mass is 10.0. The third kappa shape index (κ3) is 5.18. The van der Waals surface area contributed by atoms with Crippen molar-refractivity contribution in [1.82, 2.24) is 14.6 Å². The summed E-state index contributed by atoms with van der Waals surface area (Å²) >= 11 is 6.74. The summed E-state index contributed by atoms with van der Waals surface area (Å²) in [6.45, 7) is 8.70. The largest absolute Gasteiger partial charge is 0.464 e. The molecule has 6 atom stereocenters. The van der Waals surface area contributed by atoms with Gasteiger partial charge in [-0.05, 0) is 12.8 Å². The average molecular weight is 494 g/mol. The highest BCUT2D eigenvalue weighted by Gasteiger charge is 2.60. The molecule has 32 heavy (non-hydrogen) atoms. The minimum absolute atomic E-state index is 0.0104. The van der Waals surface area contributed by atoms with Gasteiger partial charge < -0.3 is 9.47 Å². The van der Waals surface area contributed by atoms with Gasteiger partial charge in [0.2, 0.25) is 0 Å². The van der Waals surface area contributed by atoms with Gasteiger partial charge in [-0.1, -0.05) is 27.7 Å². The molecule has 0 unspecified atom stereocenters. The van der Waals surface area contributed by atoms with Gasteiger partial charge in [-0.3, -0.25) is 28.2 Å². The van der Waals surface area contributed by atoms with Crippen LogP contribution in [0.5, 0.6) is 0 Å². The van der Waals surface area contributed by atoms with Crippen LogP contribution in [0.15, 0.2) is 21.9 Å². The van der Waals surface area contributed by atoms with Gasteiger partial charge in [0.25, 0.3) is 5.56 Å². The topological polar surface area (TPSA) is 138 Å². The van der Waals surface area contributed by atoms with Gasteiger partial charge in [0.05, 0.1) is 18.6 Å². The molecule has 180 valence electrons. The van der Waals surface area contributed by atoms with Crippen molar-refractivity contribution < 1.29 is 27.9 Å². The van der Waals surface area contributed by atoms with Crippen LogP contribution in [-0.2, 0) is 27.9 Å². The van der Waals surface area contributed by atoms with Gasteiger partial charge in [0.15, 0.2) is 6.23 Å². The van der Waals surface area contributed by atoms with E-state index < -0.39 is 48.3 Å². The molecule has 2 aliphatic rings. The number of esters is 1. The predicted octanol–water partition coefficient (Wildman–Crippen LogP) is 1.77. The molecule has 11 nitrogen and oxygen atoms in total. The van der Waals surface area contributed by atoms with E-state index in [1.165, 1.54) is 12.3 Å². The molecule has 0 aliphatic carbocycles. The summed E-state index contributed by atoms with van der Waals surface area (Å²) in [6, 6.07) is 0.677. The Bertz CT molecular complexity index is 1010. The molecule has 0 aromatic carbocycles. The maximum absolute atomic E-state index is 13.4. The molecule has 1 aromatic heterocycles. The summed E-state index contributed by atoms with van der Waals surface area (Å²) in [5, 5.41) is 2.85. The van der Waals surface area contributed by atoms with Gasteiger partial charge in [-0.25, -0.2) is 14.4 Å². The number of rotatable bonds is 7. The number of hydrogen-bond donors (Lipinski definition) is 2. The summed E-state index contributed by atoms with van der Waals surface area (Å²) in [4.78, 5) is 36.3. The van der Waals surface area contributed by atoms with Crippen molar-refractivity contribution in [2.24, 2.45) is 11.8 Å². The van der Waals surface area contributed by atoms with Crippen LogP contribution in [0.1, 0.15) is 40.8 Å². The van der Waals surface area contributed by atoms with E-state index >= 15 is 0 Å². The Morgan fingerprint density at radius 1 is 1.41 bits per heavy atom. The second-order valence-electron chi connectivity index (χ2n) is 8.78. The molecular weight excluding hydrogens is 465 g/mol. The second kappa shape index (κ2) is 9.40. The smallest absolute Gasteiger partial charge is 0.406 e. The fourth-order valence-electron chi connectivity index (χ4n) is 3.46. The number of aromatic nitrogens is 2. The molecule has 3 rings (SSSR count). The summed E-state index contributed by atoms with van der Waals surface area (Å²) in [5.41, 5.74) is -1.24.